The molecule has 6 heteroatoms. The molecule has 0 unspecified atom stereocenters. The second-order valence-electron chi connectivity index (χ2n) is 6.66. The highest BCUT2D eigenvalue weighted by molar-refractivity contribution is 6.30. The Kier molecular flexibility index (Phi) is 4.91. The number of carbonyl (C=O) groups excluding carboxylic acids is 1. The summed E-state index contributed by atoms with van der Waals surface area (Å²) in [6.07, 6.45) is 4.52. The molecule has 0 atom stereocenters. The molecule has 0 aliphatic carbocycles. The van der Waals surface area contributed by atoms with Crippen LogP contribution in [-0.2, 0) is 17.8 Å². The number of aromatic nitrogens is 2. The summed E-state index contributed by atoms with van der Waals surface area (Å²) in [6, 6.07) is 13.5. The van der Waals surface area contributed by atoms with Crippen LogP contribution in [0.3, 0.4) is 0 Å². The number of hydrogen-bond donors (Lipinski definition) is 0. The van der Waals surface area contributed by atoms with Gasteiger partial charge in [0.2, 0.25) is 5.91 Å². The summed E-state index contributed by atoms with van der Waals surface area (Å²) in [4.78, 5) is 21.5. The molecule has 1 aliphatic rings. The highest BCUT2D eigenvalue weighted by Crippen LogP contribution is 2.13. The summed E-state index contributed by atoms with van der Waals surface area (Å²) < 4.78 is 2.04. The normalized spacial score (nSPS) is 15.5. The second-order valence-corrected chi connectivity index (χ2v) is 7.09. The van der Waals surface area contributed by atoms with Crippen molar-refractivity contribution < 1.29 is 4.79 Å². The molecule has 3 aromatic rings. The van der Waals surface area contributed by atoms with Crippen molar-refractivity contribution in [2.75, 3.05) is 26.2 Å². The van der Waals surface area contributed by atoms with E-state index in [0.717, 1.165) is 49.6 Å². The van der Waals surface area contributed by atoms with E-state index in [1.807, 2.05) is 58.0 Å². The minimum Gasteiger partial charge on any atom is -0.340 e. The van der Waals surface area contributed by atoms with Gasteiger partial charge in [-0.1, -0.05) is 29.8 Å². The molecule has 134 valence electrons. The average molecular weight is 369 g/mol. The molecule has 1 aromatic carbocycles. The summed E-state index contributed by atoms with van der Waals surface area (Å²) in [5.74, 6) is 0.180. The maximum Gasteiger partial charge on any atom is 0.227 e. The molecule has 0 spiro atoms. The number of carbonyl (C=O) groups is 1. The highest BCUT2D eigenvalue weighted by atomic mass is 35.5. The van der Waals surface area contributed by atoms with Gasteiger partial charge in [-0.15, -0.1) is 0 Å². The van der Waals surface area contributed by atoms with Crippen LogP contribution >= 0.6 is 11.6 Å². The first-order valence-corrected chi connectivity index (χ1v) is 9.22. The van der Waals surface area contributed by atoms with Gasteiger partial charge < -0.3 is 9.30 Å². The van der Waals surface area contributed by atoms with E-state index in [2.05, 4.69) is 16.1 Å². The Morgan fingerprint density at radius 1 is 1.04 bits per heavy atom. The zero-order valence-electron chi connectivity index (χ0n) is 14.5. The smallest absolute Gasteiger partial charge is 0.227 e. The van der Waals surface area contributed by atoms with Crippen molar-refractivity contribution in [3.8, 4) is 0 Å². The van der Waals surface area contributed by atoms with Gasteiger partial charge >= 0.3 is 0 Å². The van der Waals surface area contributed by atoms with E-state index in [0.29, 0.717) is 11.4 Å². The van der Waals surface area contributed by atoms with E-state index in [-0.39, 0.29) is 5.91 Å². The molecular weight excluding hydrogens is 348 g/mol. The summed E-state index contributed by atoms with van der Waals surface area (Å²) in [5.41, 5.74) is 3.04. The fourth-order valence-electron chi connectivity index (χ4n) is 3.34. The zero-order valence-corrected chi connectivity index (χ0v) is 15.3. The standard InChI is InChI=1S/C20H21ClN4O/c21-17-6-4-16(5-7-17)13-20(26)24-11-9-23(10-12-24)14-18-15-25-8-2-1-3-19(25)22-18/h1-8,15H,9-14H2. The lowest BCUT2D eigenvalue weighted by molar-refractivity contribution is -0.132. The SMILES string of the molecule is O=C(Cc1ccc(Cl)cc1)N1CCN(Cc2cn3ccccc3n2)CC1. The number of pyridine rings is 1. The third-order valence-corrected chi connectivity index (χ3v) is 5.05. The zero-order chi connectivity index (χ0) is 17.9. The summed E-state index contributed by atoms with van der Waals surface area (Å²) in [5, 5.41) is 0.696. The summed E-state index contributed by atoms with van der Waals surface area (Å²) in [7, 11) is 0. The quantitative estimate of drug-likeness (QED) is 0.711. The predicted octanol–water partition coefficient (Wildman–Crippen LogP) is 2.87. The van der Waals surface area contributed by atoms with Gasteiger partial charge in [0.05, 0.1) is 12.1 Å². The molecule has 0 bridgehead atoms. The Hall–Kier alpha value is -2.37. The largest absolute Gasteiger partial charge is 0.340 e. The molecule has 0 saturated carbocycles. The van der Waals surface area contributed by atoms with Crippen molar-refractivity contribution in [2.45, 2.75) is 13.0 Å². The fraction of sp³-hybridized carbons (Fsp3) is 0.300. The van der Waals surface area contributed by atoms with Gasteiger partial charge in [0.1, 0.15) is 5.65 Å². The molecule has 2 aromatic heterocycles. The van der Waals surface area contributed by atoms with Crippen LogP contribution in [0.25, 0.3) is 5.65 Å². The Balaban J connectivity index is 1.30. The third kappa shape index (κ3) is 3.89. The molecule has 1 aliphatic heterocycles. The number of imidazole rings is 1. The fourth-order valence-corrected chi connectivity index (χ4v) is 3.46. The molecule has 3 heterocycles. The Bertz CT molecular complexity index is 865. The van der Waals surface area contributed by atoms with Gasteiger partial charge in [0.15, 0.2) is 0 Å². The molecular formula is C20H21ClN4O. The van der Waals surface area contributed by atoms with Crippen LogP contribution in [0.15, 0.2) is 54.9 Å². The van der Waals surface area contributed by atoms with Crippen molar-refractivity contribution in [1.82, 2.24) is 19.2 Å². The number of amides is 1. The van der Waals surface area contributed by atoms with Gasteiger partial charge in [0.25, 0.3) is 0 Å². The first-order valence-electron chi connectivity index (χ1n) is 8.84. The van der Waals surface area contributed by atoms with Crippen LogP contribution in [0.4, 0.5) is 0 Å². The topological polar surface area (TPSA) is 40.9 Å². The number of hydrogen-bond acceptors (Lipinski definition) is 3. The van der Waals surface area contributed by atoms with Crippen LogP contribution in [-0.4, -0.2) is 51.3 Å². The number of nitrogens with zero attached hydrogens (tertiary/aromatic N) is 4. The number of piperazine rings is 1. The molecule has 1 fully saturated rings. The van der Waals surface area contributed by atoms with Gasteiger partial charge in [-0.25, -0.2) is 4.98 Å². The monoisotopic (exact) mass is 368 g/mol. The lowest BCUT2D eigenvalue weighted by atomic mass is 10.1. The van der Waals surface area contributed by atoms with Crippen LogP contribution in [0.2, 0.25) is 5.02 Å². The second kappa shape index (κ2) is 7.48. The van der Waals surface area contributed by atoms with Gasteiger partial charge in [-0.3, -0.25) is 9.69 Å². The maximum absolute atomic E-state index is 12.5. The molecule has 4 rings (SSSR count). The number of fused-ring (bicyclic) bond motifs is 1. The molecule has 0 radical (unpaired) electrons. The van der Waals surface area contributed by atoms with E-state index in [1.54, 1.807) is 0 Å². The third-order valence-electron chi connectivity index (χ3n) is 4.79. The van der Waals surface area contributed by atoms with Gasteiger partial charge in [-0.2, -0.15) is 0 Å². The minimum absolute atomic E-state index is 0.180. The molecule has 1 saturated heterocycles. The van der Waals surface area contributed by atoms with Gasteiger partial charge in [-0.05, 0) is 29.8 Å². The van der Waals surface area contributed by atoms with Crippen molar-refractivity contribution in [2.24, 2.45) is 0 Å². The molecule has 1 amide bonds. The Morgan fingerprint density at radius 3 is 2.54 bits per heavy atom. The van der Waals surface area contributed by atoms with Crippen molar-refractivity contribution in [1.29, 1.82) is 0 Å². The van der Waals surface area contributed by atoms with Crippen LogP contribution < -0.4 is 0 Å². The van der Waals surface area contributed by atoms with E-state index in [1.165, 1.54) is 0 Å². The van der Waals surface area contributed by atoms with Crippen molar-refractivity contribution in [3.63, 3.8) is 0 Å². The number of rotatable bonds is 4. The molecule has 5 nitrogen and oxygen atoms in total. The van der Waals surface area contributed by atoms with Gasteiger partial charge in [0, 0.05) is 50.1 Å². The molecule has 0 N–H and O–H groups in total. The van der Waals surface area contributed by atoms with Crippen molar-refractivity contribution in [3.05, 3.63) is 71.1 Å². The summed E-state index contributed by atoms with van der Waals surface area (Å²) in [6.45, 7) is 4.10. The highest BCUT2D eigenvalue weighted by Gasteiger charge is 2.21. The number of halogens is 1. The first-order chi connectivity index (χ1) is 12.7. The maximum atomic E-state index is 12.5. The first kappa shape index (κ1) is 17.1. The lowest BCUT2D eigenvalue weighted by Gasteiger charge is -2.34. The predicted molar refractivity (Wildman–Crippen MR) is 102 cm³/mol. The van der Waals surface area contributed by atoms with Crippen LogP contribution in [0.1, 0.15) is 11.3 Å². The molecule has 26 heavy (non-hydrogen) atoms. The summed E-state index contributed by atoms with van der Waals surface area (Å²) >= 11 is 5.90. The van der Waals surface area contributed by atoms with Crippen molar-refractivity contribution >= 4 is 23.2 Å². The van der Waals surface area contributed by atoms with E-state index in [4.69, 9.17) is 11.6 Å². The van der Waals surface area contributed by atoms with E-state index >= 15 is 0 Å². The van der Waals surface area contributed by atoms with Crippen LogP contribution in [0.5, 0.6) is 0 Å². The van der Waals surface area contributed by atoms with E-state index < -0.39 is 0 Å². The minimum atomic E-state index is 0.180. The number of benzene rings is 1. The lowest BCUT2D eigenvalue weighted by Crippen LogP contribution is -2.48. The Labute approximate surface area is 157 Å². The van der Waals surface area contributed by atoms with E-state index in [9.17, 15) is 4.79 Å². The average Bonchev–Trinajstić information content (AvgIpc) is 3.06. The van der Waals surface area contributed by atoms with Crippen LogP contribution in [0, 0.1) is 0 Å². The Morgan fingerprint density at radius 2 is 1.81 bits per heavy atom.